The topological polar surface area (TPSA) is 62.2 Å². The molecule has 0 atom stereocenters. The van der Waals surface area contributed by atoms with Crippen molar-refractivity contribution in [3.05, 3.63) is 29.1 Å². The molecule has 0 saturated carbocycles. The van der Waals surface area contributed by atoms with E-state index in [9.17, 15) is 9.90 Å². The number of aromatic nitrogens is 1. The van der Waals surface area contributed by atoms with Crippen molar-refractivity contribution in [3.63, 3.8) is 0 Å². The zero-order valence-electron chi connectivity index (χ0n) is 12.0. The van der Waals surface area contributed by atoms with Crippen molar-refractivity contribution in [2.45, 2.75) is 52.7 Å². The van der Waals surface area contributed by atoms with Gasteiger partial charge in [-0.1, -0.05) is 0 Å². The lowest BCUT2D eigenvalue weighted by Crippen LogP contribution is -2.57. The molecule has 0 unspecified atom stereocenters. The molecule has 1 aromatic rings. The molecule has 0 spiro atoms. The lowest BCUT2D eigenvalue weighted by atomic mass is 9.85. The maximum atomic E-state index is 12.2. The first kappa shape index (κ1) is 14.6. The van der Waals surface area contributed by atoms with Crippen LogP contribution in [0.5, 0.6) is 0 Å². The molecule has 2 N–H and O–H groups in total. The Bertz CT molecular complexity index is 459. The van der Waals surface area contributed by atoms with E-state index in [1.807, 2.05) is 6.92 Å². The van der Waals surface area contributed by atoms with Crippen molar-refractivity contribution in [1.82, 2.24) is 10.3 Å². The molecule has 1 heterocycles. The fourth-order valence-electron chi connectivity index (χ4n) is 1.43. The predicted octanol–water partition coefficient (Wildman–Crippen LogP) is 1.98. The highest BCUT2D eigenvalue weighted by Crippen LogP contribution is 2.21. The van der Waals surface area contributed by atoms with Gasteiger partial charge < -0.3 is 10.4 Å². The standard InChI is InChI=1S/C14H22N2O2/c1-9-7-8-11(10(2)15-9)12(17)16-13(3,4)14(5,6)18/h7-8,18H,1-6H3,(H,16,17). The molecule has 0 aliphatic rings. The average molecular weight is 250 g/mol. The van der Waals surface area contributed by atoms with Gasteiger partial charge in [0.2, 0.25) is 0 Å². The Morgan fingerprint density at radius 1 is 1.22 bits per heavy atom. The third-order valence-electron chi connectivity index (χ3n) is 3.43. The summed E-state index contributed by atoms with van der Waals surface area (Å²) in [5.74, 6) is -0.216. The summed E-state index contributed by atoms with van der Waals surface area (Å²) >= 11 is 0. The minimum atomic E-state index is -1.01. The number of nitrogens with zero attached hydrogens (tertiary/aromatic N) is 1. The average Bonchev–Trinajstić information content (AvgIpc) is 2.14. The summed E-state index contributed by atoms with van der Waals surface area (Å²) in [6.45, 7) is 10.6. The van der Waals surface area contributed by atoms with E-state index in [4.69, 9.17) is 0 Å². The van der Waals surface area contributed by atoms with Gasteiger partial charge in [0.15, 0.2) is 0 Å². The van der Waals surface area contributed by atoms with Crippen LogP contribution in [-0.2, 0) is 0 Å². The van der Waals surface area contributed by atoms with Gasteiger partial charge in [-0.3, -0.25) is 9.78 Å². The molecule has 1 rings (SSSR count). The molecule has 0 bridgehead atoms. The van der Waals surface area contributed by atoms with E-state index in [1.165, 1.54) is 0 Å². The normalized spacial score (nSPS) is 12.4. The number of rotatable bonds is 3. The van der Waals surface area contributed by atoms with Gasteiger partial charge in [-0.2, -0.15) is 0 Å². The van der Waals surface area contributed by atoms with E-state index >= 15 is 0 Å². The van der Waals surface area contributed by atoms with Crippen LogP contribution in [0.1, 0.15) is 49.4 Å². The quantitative estimate of drug-likeness (QED) is 0.862. The molecule has 0 aliphatic carbocycles. The Labute approximate surface area is 108 Å². The van der Waals surface area contributed by atoms with Crippen LogP contribution in [0.15, 0.2) is 12.1 Å². The number of aliphatic hydroxyl groups is 1. The summed E-state index contributed by atoms with van der Waals surface area (Å²) in [5, 5.41) is 12.9. The van der Waals surface area contributed by atoms with E-state index in [0.717, 1.165) is 5.69 Å². The van der Waals surface area contributed by atoms with E-state index in [0.29, 0.717) is 11.3 Å². The first-order valence-corrected chi connectivity index (χ1v) is 6.04. The monoisotopic (exact) mass is 250 g/mol. The molecule has 0 aromatic carbocycles. The van der Waals surface area contributed by atoms with E-state index in [1.54, 1.807) is 46.8 Å². The van der Waals surface area contributed by atoms with Gasteiger partial charge in [0, 0.05) is 5.69 Å². The summed E-state index contributed by atoms with van der Waals surface area (Å²) in [7, 11) is 0. The van der Waals surface area contributed by atoms with Crippen molar-refractivity contribution in [1.29, 1.82) is 0 Å². The van der Waals surface area contributed by atoms with Crippen LogP contribution in [0, 0.1) is 13.8 Å². The third kappa shape index (κ3) is 3.07. The highest BCUT2D eigenvalue weighted by molar-refractivity contribution is 5.95. The SMILES string of the molecule is Cc1ccc(C(=O)NC(C)(C)C(C)(C)O)c(C)n1. The maximum Gasteiger partial charge on any atom is 0.253 e. The minimum Gasteiger partial charge on any atom is -0.388 e. The lowest BCUT2D eigenvalue weighted by Gasteiger charge is -2.38. The zero-order valence-corrected chi connectivity index (χ0v) is 12.0. The first-order chi connectivity index (χ1) is 8.04. The molecular weight excluding hydrogens is 228 g/mol. The maximum absolute atomic E-state index is 12.2. The van der Waals surface area contributed by atoms with E-state index in [-0.39, 0.29) is 5.91 Å². The van der Waals surface area contributed by atoms with Gasteiger partial charge in [0.05, 0.1) is 22.4 Å². The van der Waals surface area contributed by atoms with Crippen LogP contribution in [0.2, 0.25) is 0 Å². The van der Waals surface area contributed by atoms with Crippen molar-refractivity contribution >= 4 is 5.91 Å². The molecule has 4 nitrogen and oxygen atoms in total. The van der Waals surface area contributed by atoms with Gasteiger partial charge in [0.1, 0.15) is 0 Å². The van der Waals surface area contributed by atoms with Gasteiger partial charge in [-0.15, -0.1) is 0 Å². The Morgan fingerprint density at radius 3 is 2.22 bits per heavy atom. The fraction of sp³-hybridized carbons (Fsp3) is 0.571. The van der Waals surface area contributed by atoms with Crippen LogP contribution in [0.3, 0.4) is 0 Å². The third-order valence-corrected chi connectivity index (χ3v) is 3.43. The number of carbonyl (C=O) groups excluding carboxylic acids is 1. The second-order valence-electron chi connectivity index (χ2n) is 5.72. The lowest BCUT2D eigenvalue weighted by molar-refractivity contribution is -0.00295. The molecule has 1 aromatic heterocycles. The summed E-state index contributed by atoms with van der Waals surface area (Å²) in [6, 6.07) is 3.56. The van der Waals surface area contributed by atoms with Crippen LogP contribution in [-0.4, -0.2) is 27.1 Å². The predicted molar refractivity (Wildman–Crippen MR) is 71.6 cm³/mol. The van der Waals surface area contributed by atoms with Crippen molar-refractivity contribution in [2.75, 3.05) is 0 Å². The van der Waals surface area contributed by atoms with Gasteiger partial charge in [-0.25, -0.2) is 0 Å². The number of hydrogen-bond donors (Lipinski definition) is 2. The van der Waals surface area contributed by atoms with E-state index < -0.39 is 11.1 Å². The summed E-state index contributed by atoms with van der Waals surface area (Å²) < 4.78 is 0. The molecular formula is C14H22N2O2. The summed E-state index contributed by atoms with van der Waals surface area (Å²) in [4.78, 5) is 16.4. The van der Waals surface area contributed by atoms with Crippen LogP contribution in [0.25, 0.3) is 0 Å². The largest absolute Gasteiger partial charge is 0.388 e. The molecule has 0 fully saturated rings. The Hall–Kier alpha value is -1.42. The smallest absolute Gasteiger partial charge is 0.253 e. The Kier molecular flexibility index (Phi) is 3.81. The molecule has 4 heteroatoms. The molecule has 18 heavy (non-hydrogen) atoms. The molecule has 0 radical (unpaired) electrons. The van der Waals surface area contributed by atoms with Gasteiger partial charge >= 0.3 is 0 Å². The number of pyridine rings is 1. The Morgan fingerprint density at radius 2 is 1.78 bits per heavy atom. The number of nitrogens with one attached hydrogen (secondary N) is 1. The van der Waals surface area contributed by atoms with Gasteiger partial charge in [0.25, 0.3) is 5.91 Å². The second-order valence-corrected chi connectivity index (χ2v) is 5.72. The van der Waals surface area contributed by atoms with E-state index in [2.05, 4.69) is 10.3 Å². The fourth-order valence-corrected chi connectivity index (χ4v) is 1.43. The van der Waals surface area contributed by atoms with Crippen molar-refractivity contribution in [2.24, 2.45) is 0 Å². The number of carbonyl (C=O) groups is 1. The molecule has 1 amide bonds. The number of hydrogen-bond acceptors (Lipinski definition) is 3. The Balaban J connectivity index is 2.96. The van der Waals surface area contributed by atoms with Crippen LogP contribution >= 0.6 is 0 Å². The zero-order chi connectivity index (χ0) is 14.1. The summed E-state index contributed by atoms with van der Waals surface area (Å²) in [5.41, 5.74) is 0.388. The minimum absolute atomic E-state index is 0.216. The van der Waals surface area contributed by atoms with Crippen molar-refractivity contribution in [3.8, 4) is 0 Å². The highest BCUT2D eigenvalue weighted by Gasteiger charge is 2.36. The molecule has 0 aliphatic heterocycles. The molecule has 100 valence electrons. The number of amides is 1. The summed E-state index contributed by atoms with van der Waals surface area (Å²) in [6.07, 6.45) is 0. The second kappa shape index (κ2) is 4.69. The highest BCUT2D eigenvalue weighted by atomic mass is 16.3. The van der Waals surface area contributed by atoms with Crippen LogP contribution in [0.4, 0.5) is 0 Å². The van der Waals surface area contributed by atoms with Gasteiger partial charge in [-0.05, 0) is 53.7 Å². The van der Waals surface area contributed by atoms with Crippen molar-refractivity contribution < 1.29 is 9.90 Å². The first-order valence-electron chi connectivity index (χ1n) is 6.04. The molecule has 0 saturated heterocycles. The van der Waals surface area contributed by atoms with Crippen LogP contribution < -0.4 is 5.32 Å². The number of aryl methyl sites for hydroxylation is 2.